The molecule has 1 fully saturated rings. The lowest BCUT2D eigenvalue weighted by molar-refractivity contribution is -0.139. The van der Waals surface area contributed by atoms with Crippen LogP contribution in [0.3, 0.4) is 0 Å². The maximum absolute atomic E-state index is 14.8. The van der Waals surface area contributed by atoms with E-state index in [1.54, 1.807) is 23.6 Å². The van der Waals surface area contributed by atoms with Crippen LogP contribution in [-0.2, 0) is 14.4 Å². The topological polar surface area (TPSA) is 78.5 Å². The van der Waals surface area contributed by atoms with Crippen LogP contribution in [0.2, 0.25) is 0 Å². The number of nitrogens with one attached hydrogen (secondary N) is 2. The molecule has 0 unspecified atom stereocenters. The smallest absolute Gasteiger partial charge is 0.317 e. The molecule has 2 aromatic rings. The molecule has 3 rings (SSSR count). The molecule has 1 saturated carbocycles. The minimum atomic E-state index is -1.18. The lowest BCUT2D eigenvalue weighted by atomic mass is 10.1. The van der Waals surface area contributed by atoms with Crippen LogP contribution in [0, 0.1) is 5.82 Å². The standard InChI is InChI=1S/C23H28FN3O3S/c1-23(2,3)26-20(28)19(18-13-8-14-31-18)27(17-12-7-6-11-16(17)24)22(30)21(29)25-15-9-4-5-10-15/h6-8,11-15,19H,4-5,9-10H2,1-3H3,(H,25,29)(H,26,28)/t19-/m1/s1. The Morgan fingerprint density at radius 3 is 2.35 bits per heavy atom. The second kappa shape index (κ2) is 9.60. The zero-order valence-electron chi connectivity index (χ0n) is 18.0. The molecule has 2 N–H and O–H groups in total. The molecule has 1 aromatic carbocycles. The number of para-hydroxylation sites is 1. The van der Waals surface area contributed by atoms with Gasteiger partial charge in [-0.2, -0.15) is 0 Å². The molecule has 1 atom stereocenters. The minimum Gasteiger partial charge on any atom is -0.349 e. The van der Waals surface area contributed by atoms with Crippen molar-refractivity contribution in [2.45, 2.75) is 64.1 Å². The predicted octanol–water partition coefficient (Wildman–Crippen LogP) is 3.94. The first kappa shape index (κ1) is 22.9. The summed E-state index contributed by atoms with van der Waals surface area (Å²) in [5.41, 5.74) is -0.695. The Kier molecular flexibility index (Phi) is 7.10. The third-order valence-corrected chi connectivity index (χ3v) is 5.96. The molecule has 0 saturated heterocycles. The highest BCUT2D eigenvalue weighted by atomic mass is 32.1. The van der Waals surface area contributed by atoms with Crippen molar-refractivity contribution in [2.75, 3.05) is 4.90 Å². The number of nitrogens with zero attached hydrogens (tertiary/aromatic N) is 1. The second-order valence-corrected chi connectivity index (χ2v) is 9.72. The van der Waals surface area contributed by atoms with Crippen molar-refractivity contribution in [1.29, 1.82) is 0 Å². The number of amides is 3. The van der Waals surface area contributed by atoms with E-state index in [9.17, 15) is 18.8 Å². The summed E-state index contributed by atoms with van der Waals surface area (Å²) in [5.74, 6) is -2.96. The molecule has 8 heteroatoms. The normalized spacial score (nSPS) is 15.4. The largest absolute Gasteiger partial charge is 0.349 e. The highest BCUT2D eigenvalue weighted by molar-refractivity contribution is 7.10. The molecule has 166 valence electrons. The Balaban J connectivity index is 2.03. The van der Waals surface area contributed by atoms with Gasteiger partial charge in [-0.15, -0.1) is 11.3 Å². The molecule has 6 nitrogen and oxygen atoms in total. The summed E-state index contributed by atoms with van der Waals surface area (Å²) in [6, 6.07) is 7.86. The van der Waals surface area contributed by atoms with Crippen LogP contribution in [0.25, 0.3) is 0 Å². The van der Waals surface area contributed by atoms with E-state index < -0.39 is 35.1 Å². The van der Waals surface area contributed by atoms with Gasteiger partial charge < -0.3 is 10.6 Å². The van der Waals surface area contributed by atoms with Crippen LogP contribution in [0.5, 0.6) is 0 Å². The van der Waals surface area contributed by atoms with Crippen LogP contribution in [-0.4, -0.2) is 29.3 Å². The maximum Gasteiger partial charge on any atom is 0.317 e. The highest BCUT2D eigenvalue weighted by Gasteiger charge is 2.39. The first-order chi connectivity index (χ1) is 14.7. The van der Waals surface area contributed by atoms with Crippen molar-refractivity contribution in [1.82, 2.24) is 10.6 Å². The number of carbonyl (C=O) groups excluding carboxylic acids is 3. The van der Waals surface area contributed by atoms with Gasteiger partial charge in [0.15, 0.2) is 6.04 Å². The fourth-order valence-electron chi connectivity index (χ4n) is 3.70. The SMILES string of the molecule is CC(C)(C)NC(=O)[C@@H](c1cccs1)N(C(=O)C(=O)NC1CCCC1)c1ccccc1F. The zero-order chi connectivity index (χ0) is 22.6. The third kappa shape index (κ3) is 5.70. The summed E-state index contributed by atoms with van der Waals surface area (Å²) in [7, 11) is 0. The van der Waals surface area contributed by atoms with E-state index in [2.05, 4.69) is 10.6 Å². The van der Waals surface area contributed by atoms with Gasteiger partial charge in [-0.05, 0) is 57.2 Å². The lowest BCUT2D eigenvalue weighted by Gasteiger charge is -2.33. The molecule has 0 radical (unpaired) electrons. The van der Waals surface area contributed by atoms with Gasteiger partial charge in [0.2, 0.25) is 5.91 Å². The van der Waals surface area contributed by atoms with Crippen molar-refractivity contribution < 1.29 is 18.8 Å². The Morgan fingerprint density at radius 2 is 1.77 bits per heavy atom. The molecule has 1 heterocycles. The number of halogens is 1. The maximum atomic E-state index is 14.8. The molecular weight excluding hydrogens is 417 g/mol. The number of benzene rings is 1. The monoisotopic (exact) mass is 445 g/mol. The summed E-state index contributed by atoms with van der Waals surface area (Å²) in [4.78, 5) is 41.0. The van der Waals surface area contributed by atoms with E-state index in [-0.39, 0.29) is 11.7 Å². The van der Waals surface area contributed by atoms with Crippen molar-refractivity contribution in [2.24, 2.45) is 0 Å². The van der Waals surface area contributed by atoms with Gasteiger partial charge in [0.05, 0.1) is 5.69 Å². The van der Waals surface area contributed by atoms with Crippen molar-refractivity contribution in [3.63, 3.8) is 0 Å². The molecule has 3 amide bonds. The van der Waals surface area contributed by atoms with Crippen LogP contribution < -0.4 is 15.5 Å². The number of thiophene rings is 1. The van der Waals surface area contributed by atoms with Crippen LogP contribution >= 0.6 is 11.3 Å². The van der Waals surface area contributed by atoms with E-state index in [1.165, 1.54) is 29.5 Å². The first-order valence-electron chi connectivity index (χ1n) is 10.4. The van der Waals surface area contributed by atoms with Crippen molar-refractivity contribution >= 4 is 34.7 Å². The van der Waals surface area contributed by atoms with Crippen molar-refractivity contribution in [3.8, 4) is 0 Å². The highest BCUT2D eigenvalue weighted by Crippen LogP contribution is 2.33. The van der Waals surface area contributed by atoms with E-state index in [0.29, 0.717) is 4.88 Å². The first-order valence-corrected chi connectivity index (χ1v) is 11.3. The molecule has 1 aliphatic rings. The molecule has 0 bridgehead atoms. The average molecular weight is 446 g/mol. The number of hydrogen-bond donors (Lipinski definition) is 2. The van der Waals surface area contributed by atoms with Crippen molar-refractivity contribution in [3.05, 3.63) is 52.5 Å². The third-order valence-electron chi connectivity index (χ3n) is 5.03. The summed E-state index contributed by atoms with van der Waals surface area (Å²) >= 11 is 1.27. The Morgan fingerprint density at radius 1 is 1.10 bits per heavy atom. The number of carbonyl (C=O) groups is 3. The van der Waals surface area contributed by atoms with Gasteiger partial charge in [0.25, 0.3) is 0 Å². The van der Waals surface area contributed by atoms with Gasteiger partial charge in [-0.3, -0.25) is 19.3 Å². The molecule has 31 heavy (non-hydrogen) atoms. The average Bonchev–Trinajstić information content (AvgIpc) is 3.39. The second-order valence-electron chi connectivity index (χ2n) is 8.74. The van der Waals surface area contributed by atoms with E-state index in [1.807, 2.05) is 20.8 Å². The van der Waals surface area contributed by atoms with Gasteiger partial charge >= 0.3 is 11.8 Å². The summed E-state index contributed by atoms with van der Waals surface area (Å²) in [5, 5.41) is 7.39. The number of hydrogen-bond acceptors (Lipinski definition) is 4. The van der Waals surface area contributed by atoms with E-state index >= 15 is 0 Å². The Hall–Kier alpha value is -2.74. The fraction of sp³-hybridized carbons (Fsp3) is 0.435. The summed E-state index contributed by atoms with van der Waals surface area (Å²) in [6.07, 6.45) is 3.58. The fourth-order valence-corrected chi connectivity index (χ4v) is 4.51. The molecular formula is C23H28FN3O3S. The summed E-state index contributed by atoms with van der Waals surface area (Å²) in [6.45, 7) is 5.45. The van der Waals surface area contributed by atoms with Gasteiger partial charge in [-0.25, -0.2) is 4.39 Å². The number of rotatable bonds is 5. The van der Waals surface area contributed by atoms with Gasteiger partial charge in [0.1, 0.15) is 5.82 Å². The van der Waals surface area contributed by atoms with E-state index in [0.717, 1.165) is 30.6 Å². The molecule has 0 aliphatic heterocycles. The molecule has 1 aliphatic carbocycles. The van der Waals surface area contributed by atoms with Gasteiger partial charge in [-0.1, -0.05) is 31.0 Å². The summed E-state index contributed by atoms with van der Waals surface area (Å²) < 4.78 is 14.8. The number of anilines is 1. The Bertz CT molecular complexity index is 934. The molecule has 0 spiro atoms. The lowest BCUT2D eigenvalue weighted by Crippen LogP contribution is -2.53. The van der Waals surface area contributed by atoms with Crippen LogP contribution in [0.15, 0.2) is 41.8 Å². The van der Waals surface area contributed by atoms with Gasteiger partial charge in [0, 0.05) is 16.5 Å². The zero-order valence-corrected chi connectivity index (χ0v) is 18.8. The van der Waals surface area contributed by atoms with Crippen LogP contribution in [0.4, 0.5) is 10.1 Å². The molecule has 1 aromatic heterocycles. The van der Waals surface area contributed by atoms with Crippen LogP contribution in [0.1, 0.15) is 57.4 Å². The predicted molar refractivity (Wildman–Crippen MR) is 119 cm³/mol. The Labute approximate surface area is 185 Å². The quantitative estimate of drug-likeness (QED) is 0.685. The van der Waals surface area contributed by atoms with E-state index in [4.69, 9.17) is 0 Å². The minimum absolute atomic E-state index is 0.0810.